The van der Waals surface area contributed by atoms with Crippen molar-refractivity contribution in [1.82, 2.24) is 0 Å². The topological polar surface area (TPSA) is 47.9 Å². The Balaban J connectivity index is 2.29. The molecule has 4 heteroatoms. The molecular formula is C13H18O4. The standard InChI is InChI=1S/C13H18O4/c1-4-15-12-10(6-5-7-11(12)14)13-16-8(2)9(3)17-13/h5-9,13-14H,4H2,1-3H3. The van der Waals surface area contributed by atoms with Crippen LogP contribution >= 0.6 is 0 Å². The minimum Gasteiger partial charge on any atom is -0.504 e. The predicted octanol–water partition coefficient (Wildman–Crippen LogP) is 2.61. The zero-order chi connectivity index (χ0) is 12.4. The third-order valence-corrected chi connectivity index (χ3v) is 2.90. The Morgan fingerprint density at radius 1 is 1.24 bits per heavy atom. The van der Waals surface area contributed by atoms with Gasteiger partial charge in [0.2, 0.25) is 0 Å². The monoisotopic (exact) mass is 238 g/mol. The smallest absolute Gasteiger partial charge is 0.188 e. The highest BCUT2D eigenvalue weighted by atomic mass is 16.7. The van der Waals surface area contributed by atoms with Gasteiger partial charge in [0.1, 0.15) is 0 Å². The molecule has 4 nitrogen and oxygen atoms in total. The number of phenolic OH excluding ortho intramolecular Hbond substituents is 1. The van der Waals surface area contributed by atoms with Gasteiger partial charge in [-0.15, -0.1) is 0 Å². The Labute approximate surface area is 101 Å². The van der Waals surface area contributed by atoms with Gasteiger partial charge in [-0.1, -0.05) is 6.07 Å². The van der Waals surface area contributed by atoms with E-state index in [1.54, 1.807) is 12.1 Å². The molecule has 0 saturated carbocycles. The highest BCUT2D eigenvalue weighted by Crippen LogP contribution is 2.40. The van der Waals surface area contributed by atoms with Gasteiger partial charge < -0.3 is 19.3 Å². The summed E-state index contributed by atoms with van der Waals surface area (Å²) < 4.78 is 16.8. The third-order valence-electron chi connectivity index (χ3n) is 2.90. The zero-order valence-corrected chi connectivity index (χ0v) is 10.3. The Bertz CT molecular complexity index is 381. The Morgan fingerprint density at radius 3 is 2.47 bits per heavy atom. The van der Waals surface area contributed by atoms with Crippen molar-refractivity contribution in [3.63, 3.8) is 0 Å². The molecular weight excluding hydrogens is 220 g/mol. The molecule has 1 aromatic rings. The molecule has 2 unspecified atom stereocenters. The van der Waals surface area contributed by atoms with Crippen LogP contribution in [0.3, 0.4) is 0 Å². The first-order chi connectivity index (χ1) is 8.13. The summed E-state index contributed by atoms with van der Waals surface area (Å²) in [5.74, 6) is 0.560. The number of para-hydroxylation sites is 1. The molecule has 0 radical (unpaired) electrons. The molecule has 0 bridgehead atoms. The summed E-state index contributed by atoms with van der Waals surface area (Å²) in [4.78, 5) is 0. The first-order valence-corrected chi connectivity index (χ1v) is 5.89. The molecule has 2 atom stereocenters. The van der Waals surface area contributed by atoms with E-state index >= 15 is 0 Å². The number of hydrogen-bond acceptors (Lipinski definition) is 4. The fourth-order valence-corrected chi connectivity index (χ4v) is 1.82. The molecule has 1 aliphatic rings. The molecule has 0 amide bonds. The second kappa shape index (κ2) is 4.94. The molecule has 1 aliphatic heterocycles. The van der Waals surface area contributed by atoms with Crippen LogP contribution in [0.2, 0.25) is 0 Å². The van der Waals surface area contributed by atoms with Crippen LogP contribution in [0.15, 0.2) is 18.2 Å². The van der Waals surface area contributed by atoms with E-state index in [0.717, 1.165) is 5.56 Å². The molecule has 1 aromatic carbocycles. The Kier molecular flexibility index (Phi) is 3.54. The number of phenols is 1. The van der Waals surface area contributed by atoms with Crippen LogP contribution < -0.4 is 4.74 Å². The molecule has 0 aliphatic carbocycles. The lowest BCUT2D eigenvalue weighted by atomic mass is 10.2. The first-order valence-electron chi connectivity index (χ1n) is 5.89. The molecule has 17 heavy (non-hydrogen) atoms. The summed E-state index contributed by atoms with van der Waals surface area (Å²) in [6, 6.07) is 5.20. The molecule has 94 valence electrons. The highest BCUT2D eigenvalue weighted by molar-refractivity contribution is 5.46. The summed E-state index contributed by atoms with van der Waals surface area (Å²) in [5.41, 5.74) is 0.739. The summed E-state index contributed by atoms with van der Waals surface area (Å²) in [6.45, 7) is 6.29. The quantitative estimate of drug-likeness (QED) is 0.879. The third kappa shape index (κ3) is 2.37. The first kappa shape index (κ1) is 12.2. The van der Waals surface area contributed by atoms with E-state index in [-0.39, 0.29) is 18.0 Å². The second-order valence-corrected chi connectivity index (χ2v) is 4.14. The number of ether oxygens (including phenoxy) is 3. The van der Waals surface area contributed by atoms with Crippen LogP contribution in [0, 0.1) is 0 Å². The molecule has 0 aromatic heterocycles. The summed E-state index contributed by atoms with van der Waals surface area (Å²) in [6.07, 6.45) is -0.387. The predicted molar refractivity (Wildman–Crippen MR) is 63.1 cm³/mol. The minimum absolute atomic E-state index is 0.0387. The molecule has 0 spiro atoms. The van der Waals surface area contributed by atoms with Gasteiger partial charge >= 0.3 is 0 Å². The summed E-state index contributed by atoms with van der Waals surface area (Å²) in [5, 5.41) is 9.78. The fraction of sp³-hybridized carbons (Fsp3) is 0.538. The highest BCUT2D eigenvalue weighted by Gasteiger charge is 2.33. The Morgan fingerprint density at radius 2 is 1.88 bits per heavy atom. The molecule has 1 fully saturated rings. The number of rotatable bonds is 3. The lowest BCUT2D eigenvalue weighted by Crippen LogP contribution is -2.13. The van der Waals surface area contributed by atoms with E-state index in [1.807, 2.05) is 26.8 Å². The minimum atomic E-state index is -0.464. The average Bonchev–Trinajstić information content (AvgIpc) is 2.62. The van der Waals surface area contributed by atoms with Crippen molar-refractivity contribution >= 4 is 0 Å². The van der Waals surface area contributed by atoms with Gasteiger partial charge in [-0.05, 0) is 32.9 Å². The van der Waals surface area contributed by atoms with Crippen LogP contribution in [0.4, 0.5) is 0 Å². The van der Waals surface area contributed by atoms with Crippen molar-refractivity contribution < 1.29 is 19.3 Å². The van der Waals surface area contributed by atoms with E-state index < -0.39 is 6.29 Å². The summed E-state index contributed by atoms with van der Waals surface area (Å²) in [7, 11) is 0. The van der Waals surface area contributed by atoms with Gasteiger partial charge in [-0.2, -0.15) is 0 Å². The second-order valence-electron chi connectivity index (χ2n) is 4.14. The van der Waals surface area contributed by atoms with Crippen LogP contribution in [0.25, 0.3) is 0 Å². The maximum absolute atomic E-state index is 9.78. The zero-order valence-electron chi connectivity index (χ0n) is 10.3. The normalized spacial score (nSPS) is 28.3. The van der Waals surface area contributed by atoms with Gasteiger partial charge in [0.05, 0.1) is 24.4 Å². The molecule has 1 N–H and O–H groups in total. The van der Waals surface area contributed by atoms with Gasteiger partial charge in [-0.25, -0.2) is 0 Å². The van der Waals surface area contributed by atoms with Gasteiger partial charge in [-0.3, -0.25) is 0 Å². The van der Waals surface area contributed by atoms with Crippen LogP contribution in [0.5, 0.6) is 11.5 Å². The summed E-state index contributed by atoms with van der Waals surface area (Å²) >= 11 is 0. The van der Waals surface area contributed by atoms with Crippen molar-refractivity contribution in [3.8, 4) is 11.5 Å². The van der Waals surface area contributed by atoms with Crippen LogP contribution in [-0.2, 0) is 9.47 Å². The molecule has 1 heterocycles. The average molecular weight is 238 g/mol. The number of hydrogen-bond donors (Lipinski definition) is 1. The SMILES string of the molecule is CCOc1c(O)cccc1C1OC(C)C(C)O1. The van der Waals surface area contributed by atoms with E-state index in [1.165, 1.54) is 0 Å². The van der Waals surface area contributed by atoms with Gasteiger partial charge in [0, 0.05) is 0 Å². The fourth-order valence-electron chi connectivity index (χ4n) is 1.82. The maximum atomic E-state index is 9.78. The van der Waals surface area contributed by atoms with E-state index in [9.17, 15) is 5.11 Å². The van der Waals surface area contributed by atoms with Crippen LogP contribution in [-0.4, -0.2) is 23.9 Å². The van der Waals surface area contributed by atoms with E-state index in [0.29, 0.717) is 12.4 Å². The van der Waals surface area contributed by atoms with E-state index in [4.69, 9.17) is 14.2 Å². The maximum Gasteiger partial charge on any atom is 0.188 e. The molecule has 1 saturated heterocycles. The molecule has 2 rings (SSSR count). The van der Waals surface area contributed by atoms with Crippen molar-refractivity contribution in [2.75, 3.05) is 6.61 Å². The van der Waals surface area contributed by atoms with Gasteiger partial charge in [0.25, 0.3) is 0 Å². The van der Waals surface area contributed by atoms with Crippen molar-refractivity contribution in [3.05, 3.63) is 23.8 Å². The lowest BCUT2D eigenvalue weighted by Gasteiger charge is -2.16. The van der Waals surface area contributed by atoms with Gasteiger partial charge in [0.15, 0.2) is 17.8 Å². The van der Waals surface area contributed by atoms with Crippen molar-refractivity contribution in [1.29, 1.82) is 0 Å². The van der Waals surface area contributed by atoms with Crippen LogP contribution in [0.1, 0.15) is 32.6 Å². The van der Waals surface area contributed by atoms with Crippen molar-refractivity contribution in [2.24, 2.45) is 0 Å². The Hall–Kier alpha value is -1.26. The van der Waals surface area contributed by atoms with E-state index in [2.05, 4.69) is 0 Å². The number of aromatic hydroxyl groups is 1. The lowest BCUT2D eigenvalue weighted by molar-refractivity contribution is -0.0668. The van der Waals surface area contributed by atoms with Crippen molar-refractivity contribution in [2.45, 2.75) is 39.3 Å². The number of benzene rings is 1. The largest absolute Gasteiger partial charge is 0.504 e.